The third kappa shape index (κ3) is 4.29. The molecular weight excluding hydrogens is 434 g/mol. The Kier molecular flexibility index (Phi) is 5.73. The molecule has 9 heteroatoms. The van der Waals surface area contributed by atoms with E-state index in [1.54, 1.807) is 30.5 Å². The molecule has 0 radical (unpaired) electrons. The van der Waals surface area contributed by atoms with Gasteiger partial charge in [-0.25, -0.2) is 17.7 Å². The number of benzene rings is 2. The quantitative estimate of drug-likeness (QED) is 0.462. The molecule has 2 heterocycles. The minimum absolute atomic E-state index is 0.151. The highest BCUT2D eigenvalue weighted by Crippen LogP contribution is 2.34. The van der Waals surface area contributed by atoms with Crippen LogP contribution < -0.4 is 5.32 Å². The van der Waals surface area contributed by atoms with E-state index < -0.39 is 10.0 Å². The summed E-state index contributed by atoms with van der Waals surface area (Å²) in [7, 11) is -0.599. The minimum Gasteiger partial charge on any atom is -0.462 e. The predicted molar refractivity (Wildman–Crippen MR) is 121 cm³/mol. The molecule has 1 amide bonds. The maximum absolute atomic E-state index is 13.1. The highest BCUT2D eigenvalue weighted by atomic mass is 32.2. The second kappa shape index (κ2) is 8.46. The first-order valence-corrected chi connectivity index (χ1v) is 11.6. The summed E-state index contributed by atoms with van der Waals surface area (Å²) in [6.07, 6.45) is 1.56. The summed E-state index contributed by atoms with van der Waals surface area (Å²) in [4.78, 5) is 18.3. The fraction of sp³-hybridized carbons (Fsp3) is 0.0909. The largest absolute Gasteiger partial charge is 0.462 e. The highest BCUT2D eigenvalue weighted by molar-refractivity contribution is 7.89. The van der Waals surface area contributed by atoms with Gasteiger partial charge in [-0.2, -0.15) is 0 Å². The van der Waals surface area contributed by atoms with Gasteiger partial charge in [-0.05, 0) is 36.4 Å². The smallest absolute Gasteiger partial charge is 0.268 e. The molecule has 0 atom stereocenters. The topological polar surface area (TPSA) is 92.5 Å². The molecule has 7 nitrogen and oxygen atoms in total. The summed E-state index contributed by atoms with van der Waals surface area (Å²) in [6, 6.07) is 19.0. The molecule has 0 aliphatic carbocycles. The zero-order chi connectivity index (χ0) is 22.0. The number of furan rings is 1. The van der Waals surface area contributed by atoms with Crippen molar-refractivity contribution in [3.8, 4) is 22.0 Å². The van der Waals surface area contributed by atoms with Gasteiger partial charge in [0, 0.05) is 25.3 Å². The van der Waals surface area contributed by atoms with Crippen molar-refractivity contribution in [3.05, 3.63) is 77.9 Å². The lowest BCUT2D eigenvalue weighted by atomic mass is 10.1. The van der Waals surface area contributed by atoms with E-state index in [0.29, 0.717) is 27.0 Å². The van der Waals surface area contributed by atoms with Gasteiger partial charge in [0.25, 0.3) is 5.91 Å². The van der Waals surface area contributed by atoms with Crippen LogP contribution in [0.1, 0.15) is 9.67 Å². The third-order valence-electron chi connectivity index (χ3n) is 4.50. The summed E-state index contributed by atoms with van der Waals surface area (Å²) in [6.45, 7) is 0. The van der Waals surface area contributed by atoms with Crippen molar-refractivity contribution in [1.82, 2.24) is 9.29 Å². The van der Waals surface area contributed by atoms with Gasteiger partial charge in [0.1, 0.15) is 4.88 Å². The number of amides is 1. The molecule has 0 fully saturated rings. The SMILES string of the molecule is CN(C)S(=O)(=O)c1ccc(NC(=O)c2sc(-c3ccco3)nc2-c2ccccc2)cc1. The number of nitrogens with zero attached hydrogens (tertiary/aromatic N) is 2. The highest BCUT2D eigenvalue weighted by Gasteiger charge is 2.22. The first kappa shape index (κ1) is 21.0. The van der Waals surface area contributed by atoms with Crippen molar-refractivity contribution in [2.75, 3.05) is 19.4 Å². The van der Waals surface area contributed by atoms with E-state index in [4.69, 9.17) is 4.42 Å². The molecule has 4 aromatic rings. The molecule has 0 bridgehead atoms. The van der Waals surface area contributed by atoms with Gasteiger partial charge in [-0.3, -0.25) is 4.79 Å². The van der Waals surface area contributed by atoms with Gasteiger partial charge >= 0.3 is 0 Å². The van der Waals surface area contributed by atoms with Crippen LogP contribution in [0.2, 0.25) is 0 Å². The maximum Gasteiger partial charge on any atom is 0.268 e. The average molecular weight is 454 g/mol. The number of hydrogen-bond acceptors (Lipinski definition) is 6. The van der Waals surface area contributed by atoms with E-state index >= 15 is 0 Å². The van der Waals surface area contributed by atoms with E-state index in [1.807, 2.05) is 30.3 Å². The van der Waals surface area contributed by atoms with E-state index in [-0.39, 0.29) is 10.8 Å². The molecule has 2 aromatic carbocycles. The summed E-state index contributed by atoms with van der Waals surface area (Å²) in [5.74, 6) is 0.247. The Morgan fingerprint density at radius 1 is 1.00 bits per heavy atom. The molecule has 4 rings (SSSR count). The van der Waals surface area contributed by atoms with Gasteiger partial charge in [0.2, 0.25) is 10.0 Å². The Bertz CT molecular complexity index is 1290. The number of nitrogens with one attached hydrogen (secondary N) is 1. The lowest BCUT2D eigenvalue weighted by Gasteiger charge is -2.12. The van der Waals surface area contributed by atoms with Crippen molar-refractivity contribution in [1.29, 1.82) is 0 Å². The number of aromatic nitrogens is 1. The number of carbonyl (C=O) groups is 1. The zero-order valence-electron chi connectivity index (χ0n) is 16.8. The number of rotatable bonds is 6. The van der Waals surface area contributed by atoms with E-state index in [2.05, 4.69) is 10.3 Å². The van der Waals surface area contributed by atoms with Gasteiger partial charge in [-0.15, -0.1) is 11.3 Å². The predicted octanol–water partition coefficient (Wildman–Crippen LogP) is 4.57. The van der Waals surface area contributed by atoms with Crippen LogP contribution in [-0.4, -0.2) is 37.7 Å². The summed E-state index contributed by atoms with van der Waals surface area (Å²) < 4.78 is 31.0. The third-order valence-corrected chi connectivity index (χ3v) is 7.40. The maximum atomic E-state index is 13.1. The molecule has 0 aliphatic rings. The van der Waals surface area contributed by atoms with E-state index in [9.17, 15) is 13.2 Å². The molecule has 0 unspecified atom stereocenters. The molecule has 31 heavy (non-hydrogen) atoms. The standard InChI is InChI=1S/C22H19N3O4S2/c1-25(2)31(27,28)17-12-10-16(11-13-17)23-21(26)20-19(15-7-4-3-5-8-15)24-22(30-20)18-9-6-14-29-18/h3-14H,1-2H3,(H,23,26). The number of anilines is 1. The van der Waals surface area contributed by atoms with Crippen LogP contribution in [0, 0.1) is 0 Å². The Morgan fingerprint density at radius 3 is 2.32 bits per heavy atom. The number of hydrogen-bond donors (Lipinski definition) is 1. The summed E-state index contributed by atoms with van der Waals surface area (Å²) in [5, 5.41) is 3.43. The lowest BCUT2D eigenvalue weighted by molar-refractivity contribution is 0.103. The van der Waals surface area contributed by atoms with Crippen molar-refractivity contribution in [2.45, 2.75) is 4.90 Å². The van der Waals surface area contributed by atoms with E-state index in [0.717, 1.165) is 9.87 Å². The second-order valence-corrected chi connectivity index (χ2v) is 9.96. The van der Waals surface area contributed by atoms with Gasteiger partial charge in [-0.1, -0.05) is 30.3 Å². The normalized spacial score (nSPS) is 11.6. The lowest BCUT2D eigenvalue weighted by Crippen LogP contribution is -2.22. The Morgan fingerprint density at radius 2 is 1.71 bits per heavy atom. The summed E-state index contributed by atoms with van der Waals surface area (Å²) >= 11 is 1.23. The fourth-order valence-corrected chi connectivity index (χ4v) is 4.73. The number of sulfonamides is 1. The molecule has 0 saturated carbocycles. The second-order valence-electron chi connectivity index (χ2n) is 6.81. The molecule has 1 N–H and O–H groups in total. The van der Waals surface area contributed by atoms with E-state index in [1.165, 1.54) is 37.6 Å². The number of carbonyl (C=O) groups excluding carboxylic acids is 1. The monoisotopic (exact) mass is 453 g/mol. The molecule has 0 saturated heterocycles. The van der Waals surface area contributed by atoms with Crippen molar-refractivity contribution < 1.29 is 17.6 Å². The molecule has 0 aliphatic heterocycles. The molecule has 158 valence electrons. The minimum atomic E-state index is -3.54. The fourth-order valence-electron chi connectivity index (χ4n) is 2.88. The average Bonchev–Trinajstić information content (AvgIpc) is 3.45. The first-order valence-electron chi connectivity index (χ1n) is 9.30. The Balaban J connectivity index is 1.65. The van der Waals surface area contributed by atoms with Crippen LogP contribution in [0.3, 0.4) is 0 Å². The molecular formula is C22H19N3O4S2. The van der Waals surface area contributed by atoms with Crippen LogP contribution in [0.25, 0.3) is 22.0 Å². The van der Waals surface area contributed by atoms with Crippen molar-refractivity contribution in [3.63, 3.8) is 0 Å². The number of thiazole rings is 1. The first-order chi connectivity index (χ1) is 14.9. The van der Waals surface area contributed by atoms with Gasteiger partial charge < -0.3 is 9.73 Å². The van der Waals surface area contributed by atoms with Crippen LogP contribution in [-0.2, 0) is 10.0 Å². The Labute approximate surface area is 184 Å². The zero-order valence-corrected chi connectivity index (χ0v) is 18.4. The van der Waals surface area contributed by atoms with Crippen LogP contribution in [0.4, 0.5) is 5.69 Å². The van der Waals surface area contributed by atoms with Crippen molar-refractivity contribution >= 4 is 33.0 Å². The van der Waals surface area contributed by atoms with Crippen LogP contribution in [0.15, 0.2) is 82.3 Å². The Hall–Kier alpha value is -3.27. The molecule has 2 aromatic heterocycles. The summed E-state index contributed by atoms with van der Waals surface area (Å²) in [5.41, 5.74) is 1.85. The van der Waals surface area contributed by atoms with Crippen LogP contribution in [0.5, 0.6) is 0 Å². The van der Waals surface area contributed by atoms with Gasteiger partial charge in [0.05, 0.1) is 16.9 Å². The van der Waals surface area contributed by atoms with Crippen LogP contribution >= 0.6 is 11.3 Å². The van der Waals surface area contributed by atoms with Crippen molar-refractivity contribution in [2.24, 2.45) is 0 Å². The molecule has 0 spiro atoms. The van der Waals surface area contributed by atoms with Gasteiger partial charge in [0.15, 0.2) is 10.8 Å².